The van der Waals surface area contributed by atoms with Crippen molar-refractivity contribution in [1.29, 1.82) is 0 Å². The fourth-order valence-electron chi connectivity index (χ4n) is 16.9. The normalized spacial score (nSPS) is 13.5. The van der Waals surface area contributed by atoms with Crippen LogP contribution in [0.2, 0.25) is 0 Å². The van der Waals surface area contributed by atoms with Crippen LogP contribution in [0, 0.1) is 0 Å². The largest absolute Gasteiger partial charge is 0.310 e. The smallest absolute Gasteiger partial charge is 0.0468 e. The van der Waals surface area contributed by atoms with E-state index in [1.165, 1.54) is 153 Å². The summed E-state index contributed by atoms with van der Waals surface area (Å²) in [6, 6.07) is 119. The molecule has 2 aliphatic rings. The van der Waals surface area contributed by atoms with Gasteiger partial charge in [-0.25, -0.2) is 0 Å². The van der Waals surface area contributed by atoms with E-state index in [4.69, 9.17) is 0 Å². The molecule has 0 spiro atoms. The number of benzene rings is 17. The SMILES string of the molecule is CC1(C)c2cc(N(c3ccccc3)c3ccc4c(-c5ccc6ccccc6c5)c5cc(N(c6ccc7c(c6)C(C)(C)c6c-7ccc7ccccc67)c6ccc7ccccc7c6)ccc5c(-c5ccc6c(ccc7ccccc76)c5)c4c3)ccc2-c2ccc3ccccc3c21. The Morgan fingerprint density at radius 1 is 0.202 bits per heavy atom. The molecule has 2 nitrogen and oxygen atoms in total. The highest BCUT2D eigenvalue weighted by Crippen LogP contribution is 2.56. The summed E-state index contributed by atoms with van der Waals surface area (Å²) in [4.78, 5) is 4.99. The molecule has 17 aromatic carbocycles. The molecular weight excluding hydrogens is 1130 g/mol. The van der Waals surface area contributed by atoms with Crippen LogP contribution in [0.5, 0.6) is 0 Å². The highest BCUT2D eigenvalue weighted by Gasteiger charge is 2.39. The van der Waals surface area contributed by atoms with Gasteiger partial charge in [0.25, 0.3) is 0 Å². The molecule has 0 aliphatic heterocycles. The molecule has 2 heteroatoms. The lowest BCUT2D eigenvalue weighted by atomic mass is 9.80. The van der Waals surface area contributed by atoms with E-state index in [-0.39, 0.29) is 10.8 Å². The molecule has 2 aliphatic carbocycles. The first-order chi connectivity index (χ1) is 46.1. The van der Waals surface area contributed by atoms with Crippen molar-refractivity contribution in [1.82, 2.24) is 0 Å². The molecule has 0 aromatic heterocycles. The van der Waals surface area contributed by atoms with Crippen LogP contribution in [-0.2, 0) is 10.8 Å². The Kier molecular flexibility index (Phi) is 11.8. The van der Waals surface area contributed by atoms with Crippen molar-refractivity contribution in [2.75, 3.05) is 9.80 Å². The van der Waals surface area contributed by atoms with Crippen molar-refractivity contribution in [2.45, 2.75) is 38.5 Å². The Bertz CT molecular complexity index is 6070. The lowest BCUT2D eigenvalue weighted by Gasteiger charge is -2.30. The van der Waals surface area contributed by atoms with E-state index in [2.05, 4.69) is 353 Å². The van der Waals surface area contributed by atoms with Gasteiger partial charge in [0, 0.05) is 45.0 Å². The van der Waals surface area contributed by atoms with E-state index in [0.29, 0.717) is 0 Å². The molecule has 17 aromatic rings. The minimum absolute atomic E-state index is 0.239. The number of para-hydroxylation sites is 1. The Hall–Kier alpha value is -11.6. The van der Waals surface area contributed by atoms with Crippen molar-refractivity contribution in [3.8, 4) is 44.5 Å². The van der Waals surface area contributed by atoms with E-state index in [9.17, 15) is 0 Å². The fraction of sp³-hybridized carbons (Fsp3) is 0.0652. The van der Waals surface area contributed by atoms with Gasteiger partial charge in [0.05, 0.1) is 0 Å². The molecule has 19 rings (SSSR count). The van der Waals surface area contributed by atoms with Crippen molar-refractivity contribution >= 4 is 120 Å². The van der Waals surface area contributed by atoms with E-state index < -0.39 is 0 Å². The van der Waals surface area contributed by atoms with Gasteiger partial charge in [0.2, 0.25) is 0 Å². The van der Waals surface area contributed by atoms with Crippen molar-refractivity contribution in [2.24, 2.45) is 0 Å². The highest BCUT2D eigenvalue weighted by atomic mass is 15.1. The number of anilines is 6. The summed E-state index contributed by atoms with van der Waals surface area (Å²) in [7, 11) is 0. The van der Waals surface area contributed by atoms with Crippen LogP contribution in [-0.4, -0.2) is 0 Å². The average Bonchev–Trinajstić information content (AvgIpc) is 1.34. The van der Waals surface area contributed by atoms with Crippen LogP contribution in [0.4, 0.5) is 34.1 Å². The summed E-state index contributed by atoms with van der Waals surface area (Å²) in [6.45, 7) is 9.65. The number of fused-ring (bicyclic) bond motifs is 17. The summed E-state index contributed by atoms with van der Waals surface area (Å²) >= 11 is 0. The minimum atomic E-state index is -0.254. The first kappa shape index (κ1) is 54.2. The van der Waals surface area contributed by atoms with Crippen LogP contribution in [0.15, 0.2) is 315 Å². The molecule has 94 heavy (non-hydrogen) atoms. The van der Waals surface area contributed by atoms with Crippen molar-refractivity contribution in [3.63, 3.8) is 0 Å². The van der Waals surface area contributed by atoms with E-state index in [1.807, 2.05) is 0 Å². The second kappa shape index (κ2) is 20.5. The Balaban J connectivity index is 0.879. The molecule has 0 radical (unpaired) electrons. The first-order valence-electron chi connectivity index (χ1n) is 33.0. The first-order valence-corrected chi connectivity index (χ1v) is 33.0. The van der Waals surface area contributed by atoms with Gasteiger partial charge in [0.1, 0.15) is 0 Å². The Labute approximate surface area is 547 Å². The standard InChI is InChI=1S/C92H64N2/c1-91(2)85-55-71(39-46-77(85)81-44-35-60-21-13-16-28-75(60)89(81)91)93(67-25-6-5-7-26-67)69-41-48-79-83(53-69)88(66-37-43-74-64(51-66)32-31-59-20-12-15-27-73(59)74)80-49-42-70(54-84(80)87(79)65-33-30-57-18-8-10-23-62(57)50-65)94(68-38-34-58-19-9-11-24-63(58)52-68)72-40-47-78-82-45-36-61-22-14-17-29-76(61)90(82)92(3,4)86(78)56-72/h5-56H,1-4H3. The molecule has 0 heterocycles. The predicted molar refractivity (Wildman–Crippen MR) is 402 cm³/mol. The summed E-state index contributed by atoms with van der Waals surface area (Å²) in [5.74, 6) is 0. The molecule has 0 unspecified atom stereocenters. The lowest BCUT2D eigenvalue weighted by Crippen LogP contribution is -2.17. The second-order valence-electron chi connectivity index (χ2n) is 27.2. The third kappa shape index (κ3) is 8.15. The molecule has 0 atom stereocenters. The van der Waals surface area contributed by atoms with E-state index >= 15 is 0 Å². The number of hydrogen-bond acceptors (Lipinski definition) is 2. The molecule has 0 amide bonds. The van der Waals surface area contributed by atoms with Crippen LogP contribution >= 0.6 is 0 Å². The summed E-state index contributed by atoms with van der Waals surface area (Å²) in [5.41, 5.74) is 21.6. The Morgan fingerprint density at radius 3 is 1.11 bits per heavy atom. The van der Waals surface area contributed by atoms with Crippen molar-refractivity contribution in [3.05, 3.63) is 338 Å². The van der Waals surface area contributed by atoms with Gasteiger partial charge in [-0.05, 0) is 238 Å². The molecule has 442 valence electrons. The van der Waals surface area contributed by atoms with Gasteiger partial charge in [-0.2, -0.15) is 0 Å². The molecular formula is C92H64N2. The maximum atomic E-state index is 2.51. The third-order valence-corrected chi connectivity index (χ3v) is 21.2. The Morgan fingerprint density at radius 2 is 0.543 bits per heavy atom. The van der Waals surface area contributed by atoms with Crippen LogP contribution in [0.3, 0.4) is 0 Å². The van der Waals surface area contributed by atoms with Gasteiger partial charge >= 0.3 is 0 Å². The number of rotatable bonds is 8. The maximum absolute atomic E-state index is 2.51. The monoisotopic (exact) mass is 1200 g/mol. The van der Waals surface area contributed by atoms with Gasteiger partial charge in [-0.3, -0.25) is 0 Å². The lowest BCUT2D eigenvalue weighted by molar-refractivity contribution is 0.666. The maximum Gasteiger partial charge on any atom is 0.0468 e. The van der Waals surface area contributed by atoms with Crippen LogP contribution in [0.1, 0.15) is 49.9 Å². The molecule has 0 N–H and O–H groups in total. The average molecular weight is 1200 g/mol. The summed E-state index contributed by atoms with van der Waals surface area (Å²) in [5, 5.41) is 19.7. The molecule has 0 saturated heterocycles. The number of nitrogens with zero attached hydrogens (tertiary/aromatic N) is 2. The predicted octanol–water partition coefficient (Wildman–Crippen LogP) is 25.8. The minimum Gasteiger partial charge on any atom is -0.310 e. The molecule has 0 fully saturated rings. The van der Waals surface area contributed by atoms with Crippen LogP contribution in [0.25, 0.3) is 131 Å². The highest BCUT2D eigenvalue weighted by molar-refractivity contribution is 6.24. The summed E-state index contributed by atoms with van der Waals surface area (Å²) < 4.78 is 0. The fourth-order valence-corrected chi connectivity index (χ4v) is 16.9. The zero-order chi connectivity index (χ0) is 62.6. The second-order valence-corrected chi connectivity index (χ2v) is 27.2. The topological polar surface area (TPSA) is 6.48 Å². The van der Waals surface area contributed by atoms with Gasteiger partial charge in [-0.15, -0.1) is 0 Å². The molecule has 0 bridgehead atoms. The zero-order valence-corrected chi connectivity index (χ0v) is 52.9. The summed E-state index contributed by atoms with van der Waals surface area (Å²) in [6.07, 6.45) is 0. The van der Waals surface area contributed by atoms with Crippen LogP contribution < -0.4 is 9.80 Å². The number of hydrogen-bond donors (Lipinski definition) is 0. The van der Waals surface area contributed by atoms with E-state index in [0.717, 1.165) is 34.1 Å². The third-order valence-electron chi connectivity index (χ3n) is 21.2. The van der Waals surface area contributed by atoms with Crippen molar-refractivity contribution < 1.29 is 0 Å². The van der Waals surface area contributed by atoms with Gasteiger partial charge in [-0.1, -0.05) is 258 Å². The van der Waals surface area contributed by atoms with Gasteiger partial charge in [0.15, 0.2) is 0 Å². The quantitative estimate of drug-likeness (QED) is 0.111. The molecule has 0 saturated carbocycles. The van der Waals surface area contributed by atoms with Gasteiger partial charge < -0.3 is 9.80 Å². The zero-order valence-electron chi connectivity index (χ0n) is 52.9. The van der Waals surface area contributed by atoms with E-state index in [1.54, 1.807) is 0 Å².